The Labute approximate surface area is 156 Å². The summed E-state index contributed by atoms with van der Waals surface area (Å²) < 4.78 is 0. The molecule has 26 heavy (non-hydrogen) atoms. The maximum absolute atomic E-state index is 12.5. The Morgan fingerprint density at radius 2 is 2.15 bits per heavy atom. The summed E-state index contributed by atoms with van der Waals surface area (Å²) in [4.78, 5) is 26.9. The minimum absolute atomic E-state index is 0.00957. The van der Waals surface area contributed by atoms with Gasteiger partial charge in [-0.1, -0.05) is 0 Å². The smallest absolute Gasteiger partial charge is 0.253 e. The summed E-state index contributed by atoms with van der Waals surface area (Å²) in [6, 6.07) is 3.67. The first-order valence-electron chi connectivity index (χ1n) is 8.66. The molecule has 1 fully saturated rings. The summed E-state index contributed by atoms with van der Waals surface area (Å²) in [7, 11) is 1.98. The third kappa shape index (κ3) is 5.09. The predicted octanol–water partition coefficient (Wildman–Crippen LogP) is 1.29. The van der Waals surface area contributed by atoms with Gasteiger partial charge in [-0.3, -0.25) is 9.59 Å². The van der Waals surface area contributed by atoms with E-state index in [-0.39, 0.29) is 23.8 Å². The predicted molar refractivity (Wildman–Crippen MR) is 99.7 cm³/mol. The summed E-state index contributed by atoms with van der Waals surface area (Å²) in [5.41, 5.74) is 1.62. The molecule has 1 saturated heterocycles. The molecule has 2 aromatic heterocycles. The second kappa shape index (κ2) is 8.86. The summed E-state index contributed by atoms with van der Waals surface area (Å²) in [5, 5.41) is 17.5. The van der Waals surface area contributed by atoms with E-state index in [9.17, 15) is 9.59 Å². The summed E-state index contributed by atoms with van der Waals surface area (Å²) >= 11 is 1.63. The standard InChI is InChI=1S/C18H23N5O2S/c1-23-10-15(17(24)19-8-13-5-7-26-12-13)2-3-16(11-23)22-18(25)14-4-6-20-21-9-14/h4-7,9,12,15-16H,2-3,8,10-11H2,1H3,(H,19,24)(H,22,25)/t15-,16+/m1/s1. The number of carbonyl (C=O) groups is 2. The zero-order valence-electron chi connectivity index (χ0n) is 14.7. The molecular weight excluding hydrogens is 350 g/mol. The Kier molecular flexibility index (Phi) is 6.30. The van der Waals surface area contributed by atoms with Crippen LogP contribution >= 0.6 is 11.3 Å². The largest absolute Gasteiger partial charge is 0.352 e. The third-order valence-corrected chi connectivity index (χ3v) is 5.26. The van der Waals surface area contributed by atoms with Gasteiger partial charge in [0.15, 0.2) is 0 Å². The number of rotatable bonds is 5. The zero-order chi connectivity index (χ0) is 18.4. The quantitative estimate of drug-likeness (QED) is 0.825. The number of nitrogens with zero attached hydrogens (tertiary/aromatic N) is 3. The van der Waals surface area contributed by atoms with Crippen molar-refractivity contribution in [3.8, 4) is 0 Å². The molecule has 7 nitrogen and oxygen atoms in total. The van der Waals surface area contributed by atoms with Crippen LogP contribution in [0.5, 0.6) is 0 Å². The van der Waals surface area contributed by atoms with Crippen LogP contribution in [0.4, 0.5) is 0 Å². The molecule has 0 saturated carbocycles. The van der Waals surface area contributed by atoms with E-state index in [0.29, 0.717) is 18.7 Å². The molecule has 0 unspecified atom stereocenters. The van der Waals surface area contributed by atoms with Crippen LogP contribution in [0.1, 0.15) is 28.8 Å². The van der Waals surface area contributed by atoms with Gasteiger partial charge in [-0.25, -0.2) is 0 Å². The van der Waals surface area contributed by atoms with E-state index < -0.39 is 0 Å². The first-order valence-corrected chi connectivity index (χ1v) is 9.61. The van der Waals surface area contributed by atoms with Gasteiger partial charge >= 0.3 is 0 Å². The number of amides is 2. The van der Waals surface area contributed by atoms with E-state index in [0.717, 1.165) is 24.9 Å². The molecular formula is C18H23N5O2S. The van der Waals surface area contributed by atoms with Crippen LogP contribution in [0, 0.1) is 5.92 Å². The van der Waals surface area contributed by atoms with Crippen molar-refractivity contribution >= 4 is 23.2 Å². The lowest BCUT2D eigenvalue weighted by molar-refractivity contribution is -0.125. The zero-order valence-corrected chi connectivity index (χ0v) is 15.5. The maximum atomic E-state index is 12.5. The monoisotopic (exact) mass is 373 g/mol. The van der Waals surface area contributed by atoms with Crippen LogP contribution in [-0.4, -0.2) is 53.1 Å². The second-order valence-corrected chi connectivity index (χ2v) is 7.43. The number of aromatic nitrogens is 2. The van der Waals surface area contributed by atoms with Crippen molar-refractivity contribution in [2.75, 3.05) is 20.1 Å². The Balaban J connectivity index is 1.52. The number of thiophene rings is 1. The van der Waals surface area contributed by atoms with E-state index in [4.69, 9.17) is 0 Å². The van der Waals surface area contributed by atoms with Gasteiger partial charge in [0.05, 0.1) is 23.9 Å². The molecule has 1 aliphatic rings. The molecule has 138 valence electrons. The Bertz CT molecular complexity index is 722. The van der Waals surface area contributed by atoms with Crippen molar-refractivity contribution < 1.29 is 9.59 Å². The molecule has 2 amide bonds. The highest BCUT2D eigenvalue weighted by molar-refractivity contribution is 7.07. The fraction of sp³-hybridized carbons (Fsp3) is 0.444. The topological polar surface area (TPSA) is 87.2 Å². The molecule has 1 aliphatic heterocycles. The van der Waals surface area contributed by atoms with E-state index >= 15 is 0 Å². The summed E-state index contributed by atoms with van der Waals surface area (Å²) in [6.45, 7) is 1.98. The number of hydrogen-bond donors (Lipinski definition) is 2. The van der Waals surface area contributed by atoms with Crippen molar-refractivity contribution in [3.05, 3.63) is 46.4 Å². The van der Waals surface area contributed by atoms with Gasteiger partial charge in [-0.15, -0.1) is 0 Å². The van der Waals surface area contributed by atoms with E-state index in [1.807, 2.05) is 23.9 Å². The molecule has 0 aliphatic carbocycles. The fourth-order valence-electron chi connectivity index (χ4n) is 3.16. The molecule has 8 heteroatoms. The van der Waals surface area contributed by atoms with Gasteiger partial charge in [-0.05, 0) is 48.3 Å². The van der Waals surface area contributed by atoms with Crippen LogP contribution in [0.25, 0.3) is 0 Å². The van der Waals surface area contributed by atoms with Crippen LogP contribution in [-0.2, 0) is 11.3 Å². The van der Waals surface area contributed by atoms with Gasteiger partial charge in [0.2, 0.25) is 5.91 Å². The Hall–Kier alpha value is -2.32. The van der Waals surface area contributed by atoms with Gasteiger partial charge in [0, 0.05) is 25.7 Å². The molecule has 0 radical (unpaired) electrons. The second-order valence-electron chi connectivity index (χ2n) is 6.65. The average molecular weight is 373 g/mol. The van der Waals surface area contributed by atoms with Gasteiger partial charge in [0.25, 0.3) is 5.91 Å². The maximum Gasteiger partial charge on any atom is 0.253 e. The molecule has 3 heterocycles. The SMILES string of the molecule is CN1C[C@@H](NC(=O)c2ccnnc2)CC[C@@H](C(=O)NCc2ccsc2)C1. The van der Waals surface area contributed by atoms with Crippen LogP contribution in [0.3, 0.4) is 0 Å². The van der Waals surface area contributed by atoms with Gasteiger partial charge in [0.1, 0.15) is 0 Å². The summed E-state index contributed by atoms with van der Waals surface area (Å²) in [6.07, 6.45) is 4.48. The van der Waals surface area contributed by atoms with Crippen LogP contribution in [0.2, 0.25) is 0 Å². The Morgan fingerprint density at radius 1 is 1.27 bits per heavy atom. The minimum Gasteiger partial charge on any atom is -0.352 e. The first kappa shape index (κ1) is 18.5. The van der Waals surface area contributed by atoms with Crippen LogP contribution in [0.15, 0.2) is 35.3 Å². The number of likely N-dealkylation sites (N-methyl/N-ethyl adjacent to an activating group) is 1. The lowest BCUT2D eigenvalue weighted by Crippen LogP contribution is -2.42. The van der Waals surface area contributed by atoms with Crippen molar-refractivity contribution in [1.29, 1.82) is 0 Å². The summed E-state index contributed by atoms with van der Waals surface area (Å²) in [5.74, 6) is -0.143. The highest BCUT2D eigenvalue weighted by Crippen LogP contribution is 2.17. The van der Waals surface area contributed by atoms with Crippen molar-refractivity contribution in [2.24, 2.45) is 5.92 Å². The number of nitrogens with one attached hydrogen (secondary N) is 2. The van der Waals surface area contributed by atoms with Gasteiger partial charge in [-0.2, -0.15) is 21.5 Å². The highest BCUT2D eigenvalue weighted by Gasteiger charge is 2.27. The molecule has 2 aromatic rings. The van der Waals surface area contributed by atoms with Crippen molar-refractivity contribution in [3.63, 3.8) is 0 Å². The molecule has 2 N–H and O–H groups in total. The molecule has 3 rings (SSSR count). The van der Waals surface area contributed by atoms with E-state index in [1.54, 1.807) is 17.4 Å². The lowest BCUT2D eigenvalue weighted by Gasteiger charge is -2.21. The molecule has 0 bridgehead atoms. The molecule has 0 spiro atoms. The third-order valence-electron chi connectivity index (χ3n) is 4.53. The van der Waals surface area contributed by atoms with Crippen molar-refractivity contribution in [1.82, 2.24) is 25.7 Å². The fourth-order valence-corrected chi connectivity index (χ4v) is 3.83. The van der Waals surface area contributed by atoms with Crippen LogP contribution < -0.4 is 10.6 Å². The lowest BCUT2D eigenvalue weighted by atomic mass is 10.0. The Morgan fingerprint density at radius 3 is 2.88 bits per heavy atom. The average Bonchev–Trinajstić information content (AvgIpc) is 3.10. The van der Waals surface area contributed by atoms with E-state index in [2.05, 4.69) is 25.7 Å². The molecule has 0 aromatic carbocycles. The van der Waals surface area contributed by atoms with Gasteiger partial charge < -0.3 is 15.5 Å². The minimum atomic E-state index is -0.154. The molecule has 2 atom stereocenters. The number of hydrogen-bond acceptors (Lipinski definition) is 6. The first-order chi connectivity index (χ1) is 12.6. The normalized spacial score (nSPS) is 21.0. The van der Waals surface area contributed by atoms with Crippen molar-refractivity contribution in [2.45, 2.75) is 25.4 Å². The number of likely N-dealkylation sites (tertiary alicyclic amines) is 1. The number of carbonyl (C=O) groups excluding carboxylic acids is 2. The van der Waals surface area contributed by atoms with E-state index in [1.165, 1.54) is 12.4 Å². The highest BCUT2D eigenvalue weighted by atomic mass is 32.1.